The topological polar surface area (TPSA) is 64.6 Å². The molecular weight excluding hydrogens is 322 g/mol. The molecule has 0 bridgehead atoms. The summed E-state index contributed by atoms with van der Waals surface area (Å²) in [5.74, 6) is 2.44. The van der Waals surface area contributed by atoms with Crippen LogP contribution in [-0.2, 0) is 16.0 Å². The van der Waals surface area contributed by atoms with Crippen molar-refractivity contribution in [1.29, 1.82) is 0 Å². The predicted octanol–water partition coefficient (Wildman–Crippen LogP) is 1.62. The van der Waals surface area contributed by atoms with Crippen LogP contribution in [0.15, 0.2) is 23.2 Å². The summed E-state index contributed by atoms with van der Waals surface area (Å²) in [6.45, 7) is 3.20. The molecule has 1 fully saturated rings. The van der Waals surface area contributed by atoms with E-state index in [1.54, 1.807) is 14.2 Å². The Morgan fingerprint density at radius 3 is 2.76 bits per heavy atom. The second-order valence-electron chi connectivity index (χ2n) is 6.44. The second kappa shape index (κ2) is 7.93. The first-order chi connectivity index (χ1) is 12.2. The molecular formula is C18H27N3O4. The molecule has 2 heterocycles. The minimum Gasteiger partial charge on any atom is -0.454 e. The quantitative estimate of drug-likeness (QED) is 0.644. The van der Waals surface area contributed by atoms with Crippen molar-refractivity contribution in [2.45, 2.75) is 25.0 Å². The molecule has 3 rings (SSSR count). The Balaban J connectivity index is 1.58. The Bertz CT molecular complexity index is 614. The van der Waals surface area contributed by atoms with Gasteiger partial charge < -0.3 is 29.2 Å². The number of fused-ring (bicyclic) bond motifs is 1. The molecule has 2 aliphatic heterocycles. The molecule has 7 nitrogen and oxygen atoms in total. The molecule has 0 atom stereocenters. The molecule has 7 heteroatoms. The molecule has 0 amide bonds. The van der Waals surface area contributed by atoms with Gasteiger partial charge in [-0.3, -0.25) is 4.99 Å². The van der Waals surface area contributed by atoms with Crippen LogP contribution >= 0.6 is 0 Å². The lowest BCUT2D eigenvalue weighted by molar-refractivity contribution is -0.0857. The summed E-state index contributed by atoms with van der Waals surface area (Å²) in [5.41, 5.74) is 0.954. The normalized spacial score (nSPS) is 18.9. The second-order valence-corrected chi connectivity index (χ2v) is 6.44. The zero-order valence-electron chi connectivity index (χ0n) is 15.2. The van der Waals surface area contributed by atoms with Gasteiger partial charge >= 0.3 is 0 Å². The van der Waals surface area contributed by atoms with Crippen LogP contribution < -0.4 is 14.8 Å². The summed E-state index contributed by atoms with van der Waals surface area (Å²) in [7, 11) is 5.58. The van der Waals surface area contributed by atoms with Gasteiger partial charge in [0.15, 0.2) is 17.5 Å². The highest BCUT2D eigenvalue weighted by atomic mass is 16.7. The number of hydrogen-bond acceptors (Lipinski definition) is 5. The number of nitrogens with one attached hydrogen (secondary N) is 1. The summed E-state index contributed by atoms with van der Waals surface area (Å²) in [6.07, 6.45) is 1.78. The zero-order chi connectivity index (χ0) is 17.7. The van der Waals surface area contributed by atoms with Crippen molar-refractivity contribution in [3.63, 3.8) is 0 Å². The fourth-order valence-electron chi connectivity index (χ4n) is 3.21. The first-order valence-electron chi connectivity index (χ1n) is 8.59. The van der Waals surface area contributed by atoms with Gasteiger partial charge in [0, 0.05) is 60.4 Å². The molecule has 0 aliphatic carbocycles. The van der Waals surface area contributed by atoms with E-state index >= 15 is 0 Å². The Labute approximate surface area is 148 Å². The van der Waals surface area contributed by atoms with Gasteiger partial charge in [-0.2, -0.15) is 0 Å². The molecule has 2 aliphatic rings. The zero-order valence-corrected chi connectivity index (χ0v) is 15.2. The van der Waals surface area contributed by atoms with Crippen molar-refractivity contribution in [1.82, 2.24) is 10.2 Å². The summed E-state index contributed by atoms with van der Waals surface area (Å²) in [6, 6.07) is 6.01. The Morgan fingerprint density at radius 2 is 2.04 bits per heavy atom. The standard InChI is InChI=1S/C18H27N3O4/c1-19-17(20-12-18(22-3)6-8-23-9-7-18)21(2)11-14-4-5-15-16(10-14)25-13-24-15/h4-5,10H,6-9,11-13H2,1-3H3,(H,19,20). The minimum atomic E-state index is -0.187. The third-order valence-corrected chi connectivity index (χ3v) is 4.84. The smallest absolute Gasteiger partial charge is 0.231 e. The van der Waals surface area contributed by atoms with Crippen LogP contribution in [0.3, 0.4) is 0 Å². The highest BCUT2D eigenvalue weighted by Gasteiger charge is 2.32. The van der Waals surface area contributed by atoms with E-state index in [4.69, 9.17) is 18.9 Å². The third-order valence-electron chi connectivity index (χ3n) is 4.84. The molecule has 25 heavy (non-hydrogen) atoms. The van der Waals surface area contributed by atoms with E-state index in [9.17, 15) is 0 Å². The lowest BCUT2D eigenvalue weighted by Crippen LogP contribution is -2.50. The van der Waals surface area contributed by atoms with E-state index in [1.165, 1.54) is 0 Å². The fourth-order valence-corrected chi connectivity index (χ4v) is 3.21. The maximum absolute atomic E-state index is 5.78. The molecule has 0 radical (unpaired) electrons. The van der Waals surface area contributed by atoms with Gasteiger partial charge in [0.25, 0.3) is 0 Å². The first kappa shape index (κ1) is 17.8. The summed E-state index contributed by atoms with van der Waals surface area (Å²) >= 11 is 0. The number of aliphatic imine (C=N–C) groups is 1. The van der Waals surface area contributed by atoms with Crippen LogP contribution in [0.1, 0.15) is 18.4 Å². The van der Waals surface area contributed by atoms with Crippen LogP contribution in [0, 0.1) is 0 Å². The molecule has 1 saturated heterocycles. The lowest BCUT2D eigenvalue weighted by atomic mass is 9.94. The molecule has 1 N–H and O–H groups in total. The maximum Gasteiger partial charge on any atom is 0.231 e. The maximum atomic E-state index is 5.78. The van der Waals surface area contributed by atoms with Gasteiger partial charge in [0.2, 0.25) is 6.79 Å². The van der Waals surface area contributed by atoms with E-state index in [1.807, 2.05) is 25.2 Å². The van der Waals surface area contributed by atoms with E-state index < -0.39 is 0 Å². The summed E-state index contributed by atoms with van der Waals surface area (Å²) < 4.78 is 22.0. The largest absolute Gasteiger partial charge is 0.454 e. The molecule has 138 valence electrons. The minimum absolute atomic E-state index is 0.187. The van der Waals surface area contributed by atoms with Gasteiger partial charge in [-0.25, -0.2) is 0 Å². The summed E-state index contributed by atoms with van der Waals surface area (Å²) in [5, 5.41) is 3.44. The van der Waals surface area contributed by atoms with Gasteiger partial charge in [0.05, 0.1) is 5.60 Å². The van der Waals surface area contributed by atoms with Crippen molar-refractivity contribution in [2.75, 3.05) is 47.8 Å². The Hall–Kier alpha value is -1.99. The Kier molecular flexibility index (Phi) is 5.65. The SMILES string of the molecule is CN=C(NCC1(OC)CCOCC1)N(C)Cc1ccc2c(c1)OCO2. The van der Waals surface area contributed by atoms with Gasteiger partial charge in [-0.1, -0.05) is 6.07 Å². The number of methoxy groups -OCH3 is 1. The molecule has 0 aromatic heterocycles. The number of rotatable bonds is 5. The molecule has 0 spiro atoms. The molecule has 0 unspecified atom stereocenters. The molecule has 1 aromatic rings. The fraction of sp³-hybridized carbons (Fsp3) is 0.611. The van der Waals surface area contributed by atoms with E-state index in [2.05, 4.69) is 15.2 Å². The summed E-state index contributed by atoms with van der Waals surface area (Å²) in [4.78, 5) is 6.48. The van der Waals surface area contributed by atoms with Crippen LogP contribution in [0.2, 0.25) is 0 Å². The third kappa shape index (κ3) is 4.16. The molecule has 1 aromatic carbocycles. The van der Waals surface area contributed by atoms with E-state index in [-0.39, 0.29) is 5.60 Å². The number of hydrogen-bond donors (Lipinski definition) is 1. The van der Waals surface area contributed by atoms with Crippen molar-refractivity contribution < 1.29 is 18.9 Å². The van der Waals surface area contributed by atoms with Crippen molar-refractivity contribution >= 4 is 5.96 Å². The number of ether oxygens (including phenoxy) is 4. The van der Waals surface area contributed by atoms with Crippen LogP contribution in [0.4, 0.5) is 0 Å². The Morgan fingerprint density at radius 1 is 1.28 bits per heavy atom. The highest BCUT2D eigenvalue weighted by Crippen LogP contribution is 2.32. The number of guanidine groups is 1. The number of benzene rings is 1. The van der Waals surface area contributed by atoms with Crippen molar-refractivity contribution in [3.05, 3.63) is 23.8 Å². The predicted molar refractivity (Wildman–Crippen MR) is 95.2 cm³/mol. The average molecular weight is 349 g/mol. The van der Waals surface area contributed by atoms with Gasteiger partial charge in [-0.15, -0.1) is 0 Å². The average Bonchev–Trinajstić information content (AvgIpc) is 3.11. The van der Waals surface area contributed by atoms with Crippen molar-refractivity contribution in [2.24, 2.45) is 4.99 Å². The highest BCUT2D eigenvalue weighted by molar-refractivity contribution is 5.79. The van der Waals surface area contributed by atoms with Crippen LogP contribution in [0.25, 0.3) is 0 Å². The first-order valence-corrected chi connectivity index (χ1v) is 8.59. The number of nitrogens with zero attached hydrogens (tertiary/aromatic N) is 2. The lowest BCUT2D eigenvalue weighted by Gasteiger charge is -2.37. The van der Waals surface area contributed by atoms with E-state index in [0.717, 1.165) is 55.6 Å². The van der Waals surface area contributed by atoms with Crippen LogP contribution in [-0.4, -0.2) is 64.2 Å². The van der Waals surface area contributed by atoms with Crippen molar-refractivity contribution in [3.8, 4) is 11.5 Å². The molecule has 0 saturated carbocycles. The van der Waals surface area contributed by atoms with E-state index in [0.29, 0.717) is 13.3 Å². The van der Waals surface area contributed by atoms with Gasteiger partial charge in [-0.05, 0) is 17.7 Å². The monoisotopic (exact) mass is 349 g/mol. The van der Waals surface area contributed by atoms with Gasteiger partial charge in [0.1, 0.15) is 0 Å². The van der Waals surface area contributed by atoms with Crippen LogP contribution in [0.5, 0.6) is 11.5 Å².